The summed E-state index contributed by atoms with van der Waals surface area (Å²) in [5.74, 6) is 0. The Morgan fingerprint density at radius 3 is 2.78 bits per heavy atom. The Balaban J connectivity index is 1.86. The number of benzene rings is 1. The van der Waals surface area contributed by atoms with Crippen molar-refractivity contribution in [2.45, 2.75) is 18.4 Å². The van der Waals surface area contributed by atoms with Crippen molar-refractivity contribution < 1.29 is 8.42 Å². The summed E-state index contributed by atoms with van der Waals surface area (Å²) in [6.45, 7) is 9.63. The zero-order valence-corrected chi connectivity index (χ0v) is 15.1. The Morgan fingerprint density at radius 2 is 2.04 bits per heavy atom. The van der Waals surface area contributed by atoms with Crippen LogP contribution in [0.1, 0.15) is 11.3 Å². The van der Waals surface area contributed by atoms with E-state index < -0.39 is 10.0 Å². The quantitative estimate of drug-likeness (QED) is 0.551. The second-order valence-corrected chi connectivity index (χ2v) is 7.70. The molecule has 0 amide bonds. The molecule has 27 heavy (non-hydrogen) atoms. The van der Waals surface area contributed by atoms with Crippen molar-refractivity contribution in [3.05, 3.63) is 65.5 Å². The molecule has 4 rings (SSSR count). The minimum Gasteiger partial charge on any atom is -0.327 e. The average Bonchev–Trinajstić information content (AvgIpc) is 3.04. The molecule has 4 aromatic rings. The number of hydrogen-bond donors (Lipinski definition) is 1. The number of nitrogens with two attached hydrogens (primary N) is 1. The maximum atomic E-state index is 11.5. The van der Waals surface area contributed by atoms with Crippen molar-refractivity contribution >= 4 is 37.8 Å². The summed E-state index contributed by atoms with van der Waals surface area (Å²) in [6, 6.07) is 8.16. The van der Waals surface area contributed by atoms with E-state index in [4.69, 9.17) is 11.7 Å². The highest BCUT2D eigenvalue weighted by atomic mass is 32.2. The van der Waals surface area contributed by atoms with Crippen molar-refractivity contribution in [1.29, 1.82) is 0 Å². The molecule has 0 fully saturated rings. The van der Waals surface area contributed by atoms with Crippen molar-refractivity contribution in [2.75, 3.05) is 0 Å². The summed E-state index contributed by atoms with van der Waals surface area (Å²) >= 11 is 0. The topological polar surface area (TPSA) is 108 Å². The third kappa shape index (κ3) is 3.01. The predicted octanol–water partition coefficient (Wildman–Crippen LogP) is 2.53. The maximum Gasteiger partial charge on any atom is 0.236 e. The Morgan fingerprint density at radius 1 is 1.22 bits per heavy atom. The first kappa shape index (κ1) is 17.1. The van der Waals surface area contributed by atoms with Gasteiger partial charge in [0.15, 0.2) is 11.3 Å². The molecule has 3 aromatic heterocycles. The normalized spacial score (nSPS) is 11.7. The molecule has 3 heterocycles. The lowest BCUT2D eigenvalue weighted by atomic mass is 10.1. The number of nitrogens with zero attached hydrogens (tertiary/aromatic N) is 5. The van der Waals surface area contributed by atoms with Crippen molar-refractivity contribution in [3.8, 4) is 0 Å². The fourth-order valence-corrected chi connectivity index (χ4v) is 3.53. The lowest BCUT2D eigenvalue weighted by molar-refractivity contribution is 0.598. The molecule has 0 spiro atoms. The molecule has 0 aliphatic heterocycles. The second-order valence-electron chi connectivity index (χ2n) is 6.14. The van der Waals surface area contributed by atoms with Crippen LogP contribution in [-0.4, -0.2) is 27.9 Å². The third-order valence-electron chi connectivity index (χ3n) is 4.29. The van der Waals surface area contributed by atoms with Crippen LogP contribution in [0.2, 0.25) is 0 Å². The Bertz CT molecular complexity index is 1350. The van der Waals surface area contributed by atoms with E-state index in [1.165, 1.54) is 12.1 Å². The van der Waals surface area contributed by atoms with Gasteiger partial charge < -0.3 is 4.57 Å². The number of pyridine rings is 2. The van der Waals surface area contributed by atoms with Gasteiger partial charge in [-0.25, -0.2) is 33.4 Å². The van der Waals surface area contributed by atoms with Crippen LogP contribution in [0.5, 0.6) is 0 Å². The van der Waals surface area contributed by atoms with Gasteiger partial charge in [-0.3, -0.25) is 0 Å². The van der Waals surface area contributed by atoms with Gasteiger partial charge in [0.1, 0.15) is 5.52 Å². The van der Waals surface area contributed by atoms with Gasteiger partial charge in [-0.2, -0.15) is 0 Å². The summed E-state index contributed by atoms with van der Waals surface area (Å²) in [7, 11) is -3.86. The number of aryl methyl sites for hydroxylation is 1. The monoisotopic (exact) mass is 378 g/mol. The SMILES string of the molecule is [C-]#[N+]c1cc(S(N)(=O)=O)ccc1Cn1cnc2cnc3nc(C)ccc3c21. The van der Waals surface area contributed by atoms with Crippen LogP contribution < -0.4 is 5.14 Å². The van der Waals surface area contributed by atoms with Crippen LogP contribution in [0, 0.1) is 13.5 Å². The zero-order chi connectivity index (χ0) is 19.2. The predicted molar refractivity (Wildman–Crippen MR) is 101 cm³/mol. The van der Waals surface area contributed by atoms with E-state index in [1.807, 2.05) is 23.6 Å². The highest BCUT2D eigenvalue weighted by molar-refractivity contribution is 7.89. The summed E-state index contributed by atoms with van der Waals surface area (Å²) in [5.41, 5.74) is 3.98. The number of imidazole rings is 1. The largest absolute Gasteiger partial charge is 0.327 e. The Labute approximate surface area is 155 Å². The molecule has 0 saturated heterocycles. The number of primary sulfonamides is 1. The van der Waals surface area contributed by atoms with Crippen molar-refractivity contribution in [1.82, 2.24) is 19.5 Å². The van der Waals surface area contributed by atoms with E-state index >= 15 is 0 Å². The molecule has 2 N–H and O–H groups in total. The maximum absolute atomic E-state index is 11.5. The molecule has 8 nitrogen and oxygen atoms in total. The minimum absolute atomic E-state index is 0.0814. The number of aromatic nitrogens is 4. The highest BCUT2D eigenvalue weighted by Gasteiger charge is 2.14. The van der Waals surface area contributed by atoms with Crippen LogP contribution in [0.15, 0.2) is 47.8 Å². The number of rotatable bonds is 3. The lowest BCUT2D eigenvalue weighted by Gasteiger charge is -2.09. The molecule has 1 aromatic carbocycles. The third-order valence-corrected chi connectivity index (χ3v) is 5.20. The molecule has 9 heteroatoms. The van der Waals surface area contributed by atoms with Crippen molar-refractivity contribution in [2.24, 2.45) is 5.14 Å². The standard InChI is InChI=1S/C18H14N6O2S/c1-11-3-6-14-17-16(8-21-18(14)23-11)22-10-24(17)9-12-4-5-13(27(19,25)26)7-15(12)20-2/h3-8,10H,9H2,1H3,(H2,19,25,26). The molecule has 0 unspecified atom stereocenters. The summed E-state index contributed by atoms with van der Waals surface area (Å²) in [4.78, 5) is 16.5. The van der Waals surface area contributed by atoms with Gasteiger partial charge in [0.2, 0.25) is 10.0 Å². The molecular formula is C18H14N6O2S. The van der Waals surface area contributed by atoms with Gasteiger partial charge in [-0.15, -0.1) is 0 Å². The molecular weight excluding hydrogens is 364 g/mol. The van der Waals surface area contributed by atoms with Crippen molar-refractivity contribution in [3.63, 3.8) is 0 Å². The molecule has 0 saturated carbocycles. The van der Waals surface area contributed by atoms with Gasteiger partial charge in [0.05, 0.1) is 29.5 Å². The van der Waals surface area contributed by atoms with Crippen LogP contribution >= 0.6 is 0 Å². The number of fused-ring (bicyclic) bond motifs is 3. The van der Waals surface area contributed by atoms with E-state index in [1.54, 1.807) is 18.6 Å². The Kier molecular flexibility index (Phi) is 3.87. The summed E-state index contributed by atoms with van der Waals surface area (Å²) in [5, 5.41) is 6.02. The molecule has 0 aliphatic rings. The minimum atomic E-state index is -3.86. The van der Waals surface area contributed by atoms with E-state index in [0.717, 1.165) is 22.1 Å². The van der Waals surface area contributed by atoms with E-state index in [2.05, 4.69) is 19.8 Å². The van der Waals surface area contributed by atoms with Gasteiger partial charge in [-0.05, 0) is 36.8 Å². The van der Waals surface area contributed by atoms with Crippen LogP contribution in [0.4, 0.5) is 5.69 Å². The average molecular weight is 378 g/mol. The Hall–Kier alpha value is -3.35. The lowest BCUT2D eigenvalue weighted by Crippen LogP contribution is -2.12. The molecule has 0 radical (unpaired) electrons. The molecule has 0 aliphatic carbocycles. The fraction of sp³-hybridized carbons (Fsp3) is 0.111. The first-order valence-corrected chi connectivity index (χ1v) is 9.52. The second kappa shape index (κ2) is 6.12. The number of hydrogen-bond acceptors (Lipinski definition) is 5. The van der Waals surface area contributed by atoms with E-state index in [0.29, 0.717) is 17.8 Å². The first-order chi connectivity index (χ1) is 12.9. The smallest absolute Gasteiger partial charge is 0.236 e. The zero-order valence-electron chi connectivity index (χ0n) is 14.3. The van der Waals surface area contributed by atoms with Gasteiger partial charge in [0.25, 0.3) is 0 Å². The highest BCUT2D eigenvalue weighted by Crippen LogP contribution is 2.27. The van der Waals surface area contributed by atoms with Crippen LogP contribution in [0.3, 0.4) is 0 Å². The van der Waals surface area contributed by atoms with Crippen LogP contribution in [0.25, 0.3) is 26.9 Å². The number of sulfonamides is 1. The molecule has 0 atom stereocenters. The summed E-state index contributed by atoms with van der Waals surface area (Å²) in [6.07, 6.45) is 3.34. The van der Waals surface area contributed by atoms with Gasteiger partial charge in [-0.1, -0.05) is 6.07 Å². The molecule has 0 bridgehead atoms. The molecule has 134 valence electrons. The fourth-order valence-electron chi connectivity index (χ4n) is 3.00. The van der Waals surface area contributed by atoms with E-state index in [9.17, 15) is 8.42 Å². The summed E-state index contributed by atoms with van der Waals surface area (Å²) < 4.78 is 24.9. The van der Waals surface area contributed by atoms with Gasteiger partial charge in [0, 0.05) is 17.6 Å². The first-order valence-electron chi connectivity index (χ1n) is 7.97. The van der Waals surface area contributed by atoms with Crippen LogP contribution in [-0.2, 0) is 16.6 Å². The van der Waals surface area contributed by atoms with Gasteiger partial charge >= 0.3 is 0 Å². The van der Waals surface area contributed by atoms with E-state index in [-0.39, 0.29) is 10.6 Å².